The molecule has 0 radical (unpaired) electrons. The lowest BCUT2D eigenvalue weighted by molar-refractivity contribution is 0.0519. The van der Waals surface area contributed by atoms with E-state index in [4.69, 9.17) is 10.5 Å². The molecule has 0 saturated heterocycles. The van der Waals surface area contributed by atoms with E-state index >= 15 is 0 Å². The van der Waals surface area contributed by atoms with Crippen molar-refractivity contribution >= 4 is 12.4 Å². The van der Waals surface area contributed by atoms with Crippen LogP contribution in [0, 0.1) is 0 Å². The molecule has 0 aromatic heterocycles. The smallest absolute Gasteiger partial charge is 0.0821 e. The Balaban J connectivity index is 0.000000640. The summed E-state index contributed by atoms with van der Waals surface area (Å²) in [5.74, 6) is 0. The van der Waals surface area contributed by atoms with E-state index in [1.54, 1.807) is 0 Å². The molecule has 2 atom stereocenters. The highest BCUT2D eigenvalue weighted by atomic mass is 35.5. The van der Waals surface area contributed by atoms with Crippen molar-refractivity contribution in [2.45, 2.75) is 31.9 Å². The minimum absolute atomic E-state index is 0. The van der Waals surface area contributed by atoms with Gasteiger partial charge in [-0.25, -0.2) is 0 Å². The maximum absolute atomic E-state index is 5.56. The molecule has 0 aliphatic heterocycles. The standard InChI is InChI=1S/C6H13NO.ClH/c1-3-8-6(2)4-5(6)7;/h5H,3-4,7H2,1-2H3;1H/t5-,6+;/m1./s1. The summed E-state index contributed by atoms with van der Waals surface area (Å²) in [5.41, 5.74) is 5.60. The van der Waals surface area contributed by atoms with Crippen molar-refractivity contribution in [2.75, 3.05) is 6.61 Å². The molecule has 1 fully saturated rings. The second-order valence-electron chi connectivity index (χ2n) is 2.56. The zero-order chi connectivity index (χ0) is 6.20. The Kier molecular flexibility index (Phi) is 2.93. The zero-order valence-electron chi connectivity index (χ0n) is 5.89. The van der Waals surface area contributed by atoms with Crippen LogP contribution >= 0.6 is 12.4 Å². The van der Waals surface area contributed by atoms with E-state index in [0.29, 0.717) is 6.04 Å². The van der Waals surface area contributed by atoms with Crippen LogP contribution in [0.5, 0.6) is 0 Å². The molecule has 0 heterocycles. The van der Waals surface area contributed by atoms with Crippen molar-refractivity contribution in [3.63, 3.8) is 0 Å². The molecule has 0 aromatic carbocycles. The summed E-state index contributed by atoms with van der Waals surface area (Å²) in [6.45, 7) is 4.83. The van der Waals surface area contributed by atoms with Gasteiger partial charge in [0.2, 0.25) is 0 Å². The van der Waals surface area contributed by atoms with Gasteiger partial charge in [-0.1, -0.05) is 0 Å². The monoisotopic (exact) mass is 151 g/mol. The lowest BCUT2D eigenvalue weighted by Crippen LogP contribution is -2.19. The third-order valence-electron chi connectivity index (χ3n) is 1.72. The minimum atomic E-state index is 0. The van der Waals surface area contributed by atoms with Gasteiger partial charge in [0.05, 0.1) is 5.60 Å². The largest absolute Gasteiger partial charge is 0.374 e. The van der Waals surface area contributed by atoms with Gasteiger partial charge >= 0.3 is 0 Å². The molecule has 1 rings (SSSR count). The average Bonchev–Trinajstić information content (AvgIpc) is 2.16. The number of halogens is 1. The fraction of sp³-hybridized carbons (Fsp3) is 1.00. The highest BCUT2D eigenvalue weighted by Crippen LogP contribution is 2.37. The second-order valence-corrected chi connectivity index (χ2v) is 2.56. The SMILES string of the molecule is CCO[C@@]1(C)C[C@H]1N.Cl. The molecule has 2 N–H and O–H groups in total. The zero-order valence-corrected chi connectivity index (χ0v) is 6.70. The van der Waals surface area contributed by atoms with Crippen LogP contribution in [-0.4, -0.2) is 18.2 Å². The van der Waals surface area contributed by atoms with Crippen LogP contribution in [0.25, 0.3) is 0 Å². The van der Waals surface area contributed by atoms with E-state index in [2.05, 4.69) is 6.92 Å². The second kappa shape index (κ2) is 2.86. The van der Waals surface area contributed by atoms with Crippen LogP contribution < -0.4 is 5.73 Å². The summed E-state index contributed by atoms with van der Waals surface area (Å²) in [7, 11) is 0. The van der Waals surface area contributed by atoms with Gasteiger partial charge in [-0.05, 0) is 20.3 Å². The quantitative estimate of drug-likeness (QED) is 0.638. The number of rotatable bonds is 2. The van der Waals surface area contributed by atoms with Crippen molar-refractivity contribution < 1.29 is 4.74 Å². The summed E-state index contributed by atoms with van der Waals surface area (Å²) in [6, 6.07) is 0.294. The fourth-order valence-corrected chi connectivity index (χ4v) is 0.873. The Morgan fingerprint density at radius 1 is 1.78 bits per heavy atom. The first-order chi connectivity index (χ1) is 3.69. The molecule has 3 heteroatoms. The molecule has 0 amide bonds. The van der Waals surface area contributed by atoms with Crippen molar-refractivity contribution in [1.82, 2.24) is 0 Å². The molecule has 0 bridgehead atoms. The lowest BCUT2D eigenvalue weighted by Gasteiger charge is -2.07. The summed E-state index contributed by atoms with van der Waals surface area (Å²) in [6.07, 6.45) is 1.03. The summed E-state index contributed by atoms with van der Waals surface area (Å²) < 4.78 is 5.33. The van der Waals surface area contributed by atoms with Crippen molar-refractivity contribution in [2.24, 2.45) is 5.73 Å². The van der Waals surface area contributed by atoms with Gasteiger partial charge in [-0.3, -0.25) is 0 Å². The fourth-order valence-electron chi connectivity index (χ4n) is 0.873. The van der Waals surface area contributed by atoms with E-state index in [0.717, 1.165) is 13.0 Å². The van der Waals surface area contributed by atoms with Crippen LogP contribution in [0.1, 0.15) is 20.3 Å². The van der Waals surface area contributed by atoms with Gasteiger partial charge in [0.1, 0.15) is 0 Å². The van der Waals surface area contributed by atoms with Gasteiger partial charge in [0.25, 0.3) is 0 Å². The molecular formula is C6H14ClNO. The highest BCUT2D eigenvalue weighted by molar-refractivity contribution is 5.85. The Bertz CT molecular complexity index is 99.1. The number of hydrogen-bond donors (Lipinski definition) is 1. The van der Waals surface area contributed by atoms with Crippen LogP contribution in [0.2, 0.25) is 0 Å². The molecule has 1 aliphatic carbocycles. The van der Waals surface area contributed by atoms with Gasteiger partial charge in [0, 0.05) is 12.6 Å². The first-order valence-corrected chi connectivity index (χ1v) is 3.08. The van der Waals surface area contributed by atoms with E-state index in [-0.39, 0.29) is 18.0 Å². The molecule has 1 saturated carbocycles. The van der Waals surface area contributed by atoms with Crippen LogP contribution in [0.3, 0.4) is 0 Å². The number of ether oxygens (including phenoxy) is 1. The maximum atomic E-state index is 5.56. The lowest BCUT2D eigenvalue weighted by atomic mass is 10.4. The van der Waals surface area contributed by atoms with Gasteiger partial charge < -0.3 is 10.5 Å². The molecule has 9 heavy (non-hydrogen) atoms. The van der Waals surface area contributed by atoms with E-state index < -0.39 is 0 Å². The van der Waals surface area contributed by atoms with Crippen LogP contribution in [-0.2, 0) is 4.74 Å². The first-order valence-electron chi connectivity index (χ1n) is 3.08. The normalized spacial score (nSPS) is 39.7. The van der Waals surface area contributed by atoms with Crippen molar-refractivity contribution in [3.8, 4) is 0 Å². The minimum Gasteiger partial charge on any atom is -0.374 e. The molecule has 1 aliphatic rings. The molecule has 0 spiro atoms. The number of nitrogens with two attached hydrogens (primary N) is 1. The molecule has 56 valence electrons. The topological polar surface area (TPSA) is 35.2 Å². The highest BCUT2D eigenvalue weighted by Gasteiger charge is 2.48. The maximum Gasteiger partial charge on any atom is 0.0821 e. The first kappa shape index (κ1) is 9.21. The Labute approximate surface area is 62.2 Å². The Morgan fingerprint density at radius 3 is 2.33 bits per heavy atom. The van der Waals surface area contributed by atoms with E-state index in [9.17, 15) is 0 Å². The van der Waals surface area contributed by atoms with Crippen molar-refractivity contribution in [3.05, 3.63) is 0 Å². The molecule has 2 nitrogen and oxygen atoms in total. The predicted octanol–water partition coefficient (Wildman–Crippen LogP) is 0.934. The summed E-state index contributed by atoms with van der Waals surface area (Å²) in [5, 5.41) is 0. The summed E-state index contributed by atoms with van der Waals surface area (Å²) >= 11 is 0. The number of hydrogen-bond acceptors (Lipinski definition) is 2. The van der Waals surface area contributed by atoms with Crippen molar-refractivity contribution in [1.29, 1.82) is 0 Å². The van der Waals surface area contributed by atoms with E-state index in [1.807, 2.05) is 6.92 Å². The van der Waals surface area contributed by atoms with E-state index in [1.165, 1.54) is 0 Å². The Hall–Kier alpha value is 0.210. The molecule has 0 aromatic rings. The van der Waals surface area contributed by atoms with Gasteiger partial charge in [-0.15, -0.1) is 12.4 Å². The average molecular weight is 152 g/mol. The summed E-state index contributed by atoms with van der Waals surface area (Å²) in [4.78, 5) is 0. The Morgan fingerprint density at radius 2 is 2.22 bits per heavy atom. The van der Waals surface area contributed by atoms with Gasteiger partial charge in [0.15, 0.2) is 0 Å². The third kappa shape index (κ3) is 1.81. The molecule has 0 unspecified atom stereocenters. The van der Waals surface area contributed by atoms with Crippen LogP contribution in [0.15, 0.2) is 0 Å². The van der Waals surface area contributed by atoms with Gasteiger partial charge in [-0.2, -0.15) is 0 Å². The van der Waals surface area contributed by atoms with Crippen LogP contribution in [0.4, 0.5) is 0 Å². The molecular weight excluding hydrogens is 138 g/mol. The predicted molar refractivity (Wildman–Crippen MR) is 39.9 cm³/mol. The third-order valence-corrected chi connectivity index (χ3v) is 1.72.